The summed E-state index contributed by atoms with van der Waals surface area (Å²) in [5, 5.41) is 2.84. The van der Waals surface area contributed by atoms with Crippen LogP contribution in [0.3, 0.4) is 0 Å². The molecule has 1 nitrogen and oxygen atoms in total. The Bertz CT molecular complexity index is 844. The molecule has 0 unspecified atom stereocenters. The Morgan fingerprint density at radius 1 is 0.714 bits per heavy atom. The minimum atomic E-state index is -6.00. The summed E-state index contributed by atoms with van der Waals surface area (Å²) >= 11 is 0. The van der Waals surface area contributed by atoms with E-state index in [0.29, 0.717) is 5.66 Å². The van der Waals surface area contributed by atoms with Gasteiger partial charge in [0, 0.05) is 11.7 Å². The van der Waals surface area contributed by atoms with E-state index in [1.165, 1.54) is 21.7 Å². The molecule has 4 rings (SSSR count). The zero-order valence-electron chi connectivity index (χ0n) is 15.1. The van der Waals surface area contributed by atoms with Gasteiger partial charge in [-0.3, -0.25) is 0 Å². The van der Waals surface area contributed by atoms with Crippen LogP contribution in [0.15, 0.2) is 84.9 Å². The summed E-state index contributed by atoms with van der Waals surface area (Å²) < 4.78 is 39.0. The topological polar surface area (TPSA) is 26.0 Å². The van der Waals surface area contributed by atoms with Crippen LogP contribution in [0.5, 0.6) is 0 Å². The highest BCUT2D eigenvalue weighted by atomic mass is 31.1. The van der Waals surface area contributed by atoms with Crippen molar-refractivity contribution in [2.24, 2.45) is 5.73 Å². The number of hydrogen-bond acceptors (Lipinski definition) is 1. The Hall–Kier alpha value is -2.17. The number of benzene rings is 3. The minimum absolute atomic E-state index is 0.123. The SMILES string of the molecule is F[B-](F)(F)F.N[C@@H]1c2ccccc2C[C@H]1P(c1ccccc1)c1ccccc1. The van der Waals surface area contributed by atoms with E-state index < -0.39 is 15.2 Å². The van der Waals surface area contributed by atoms with Crippen LogP contribution >= 0.6 is 7.92 Å². The fraction of sp³-hybridized carbons (Fsp3) is 0.143. The molecule has 0 bridgehead atoms. The maximum Gasteiger partial charge on any atom is 0.673 e. The normalized spacial score (nSPS) is 18.4. The molecule has 0 saturated heterocycles. The van der Waals surface area contributed by atoms with E-state index in [2.05, 4.69) is 84.9 Å². The second-order valence-electron chi connectivity index (χ2n) is 6.53. The van der Waals surface area contributed by atoms with Gasteiger partial charge in [-0.05, 0) is 36.1 Å². The molecule has 0 spiro atoms. The van der Waals surface area contributed by atoms with Gasteiger partial charge in [-0.15, -0.1) is 0 Å². The zero-order valence-corrected chi connectivity index (χ0v) is 16.0. The summed E-state index contributed by atoms with van der Waals surface area (Å²) in [7, 11) is -6.46. The third-order valence-corrected chi connectivity index (χ3v) is 7.53. The summed E-state index contributed by atoms with van der Waals surface area (Å²) in [6, 6.07) is 30.6. The van der Waals surface area contributed by atoms with Crippen LogP contribution in [-0.2, 0) is 6.42 Å². The van der Waals surface area contributed by atoms with Crippen LogP contribution in [0.1, 0.15) is 17.2 Å². The van der Waals surface area contributed by atoms with E-state index >= 15 is 0 Å². The highest BCUT2D eigenvalue weighted by Gasteiger charge is 2.36. The molecule has 0 heterocycles. The Balaban J connectivity index is 0.000000403. The molecule has 1 aliphatic carbocycles. The van der Waals surface area contributed by atoms with Crippen molar-refractivity contribution < 1.29 is 17.3 Å². The first-order chi connectivity index (χ1) is 13.3. The van der Waals surface area contributed by atoms with Gasteiger partial charge in [-0.2, -0.15) is 0 Å². The average molecular weight is 404 g/mol. The minimum Gasteiger partial charge on any atom is -0.418 e. The van der Waals surface area contributed by atoms with Crippen molar-refractivity contribution in [2.75, 3.05) is 0 Å². The molecule has 3 aromatic carbocycles. The number of nitrogens with two attached hydrogens (primary N) is 1. The molecule has 0 aliphatic heterocycles. The third kappa shape index (κ3) is 5.21. The summed E-state index contributed by atoms with van der Waals surface area (Å²) in [6.45, 7) is 0. The summed E-state index contributed by atoms with van der Waals surface area (Å²) in [5.74, 6) is 0. The molecule has 28 heavy (non-hydrogen) atoms. The van der Waals surface area contributed by atoms with Crippen LogP contribution in [0.2, 0.25) is 0 Å². The lowest BCUT2D eigenvalue weighted by molar-refractivity contribution is 0.368. The monoisotopic (exact) mass is 404 g/mol. The van der Waals surface area contributed by atoms with Gasteiger partial charge >= 0.3 is 7.25 Å². The van der Waals surface area contributed by atoms with Crippen LogP contribution in [0, 0.1) is 0 Å². The first-order valence-electron chi connectivity index (χ1n) is 8.94. The maximum atomic E-state index is 9.75. The van der Waals surface area contributed by atoms with Gasteiger partial charge in [-0.25, -0.2) is 0 Å². The highest BCUT2D eigenvalue weighted by Crippen LogP contribution is 2.50. The molecule has 7 heteroatoms. The Morgan fingerprint density at radius 2 is 1.14 bits per heavy atom. The van der Waals surface area contributed by atoms with Crippen molar-refractivity contribution in [3.63, 3.8) is 0 Å². The van der Waals surface area contributed by atoms with Crippen molar-refractivity contribution in [3.8, 4) is 0 Å². The average Bonchev–Trinajstić information content (AvgIpc) is 2.99. The van der Waals surface area contributed by atoms with Crippen LogP contribution in [0.4, 0.5) is 17.3 Å². The van der Waals surface area contributed by atoms with Crippen LogP contribution in [0.25, 0.3) is 0 Å². The number of halogens is 4. The summed E-state index contributed by atoms with van der Waals surface area (Å²) in [6.07, 6.45) is 1.08. The summed E-state index contributed by atoms with van der Waals surface area (Å²) in [5.41, 5.74) is 9.90. The quantitative estimate of drug-likeness (QED) is 0.369. The molecule has 2 N–H and O–H groups in total. The zero-order chi connectivity index (χ0) is 20.1. The van der Waals surface area contributed by atoms with Crippen LogP contribution in [-0.4, -0.2) is 12.9 Å². The van der Waals surface area contributed by atoms with E-state index in [4.69, 9.17) is 5.73 Å². The lowest BCUT2D eigenvalue weighted by Crippen LogP contribution is -2.28. The Morgan fingerprint density at radius 3 is 1.61 bits per heavy atom. The van der Waals surface area contributed by atoms with Gasteiger partial charge in [0.2, 0.25) is 0 Å². The fourth-order valence-electron chi connectivity index (χ4n) is 3.57. The molecule has 0 aromatic heterocycles. The van der Waals surface area contributed by atoms with E-state index in [-0.39, 0.29) is 6.04 Å². The standard InChI is InChI=1S/C21H20NP.BF4/c22-21-19-14-8-7-9-16(19)15-20(21)23(17-10-3-1-4-11-17)18-12-5-2-6-13-18;2-1(3,4)5/h1-14,20-21H,15,22H2;/q;-1/t20-,21-;/m1./s1. The largest absolute Gasteiger partial charge is 0.673 e. The predicted octanol–water partition coefficient (Wildman–Crippen LogP) is 5.04. The molecule has 3 aromatic rings. The second kappa shape index (κ2) is 8.89. The van der Waals surface area contributed by atoms with Crippen molar-refractivity contribution in [1.82, 2.24) is 0 Å². The first-order valence-corrected chi connectivity index (χ1v) is 10.4. The molecule has 0 fully saturated rings. The van der Waals surface area contributed by atoms with Gasteiger partial charge in [0.25, 0.3) is 0 Å². The van der Waals surface area contributed by atoms with Crippen LogP contribution < -0.4 is 16.3 Å². The Labute approximate surface area is 163 Å². The summed E-state index contributed by atoms with van der Waals surface area (Å²) in [4.78, 5) is 0. The number of hydrogen-bond donors (Lipinski definition) is 1. The predicted molar refractivity (Wildman–Crippen MR) is 110 cm³/mol. The third-order valence-electron chi connectivity index (χ3n) is 4.66. The van der Waals surface area contributed by atoms with Crippen molar-refractivity contribution in [2.45, 2.75) is 18.1 Å². The van der Waals surface area contributed by atoms with Gasteiger partial charge in [-0.1, -0.05) is 84.9 Å². The lowest BCUT2D eigenvalue weighted by atomic mass is 10.1. The van der Waals surface area contributed by atoms with Crippen molar-refractivity contribution in [1.29, 1.82) is 0 Å². The van der Waals surface area contributed by atoms with Gasteiger partial charge in [0.15, 0.2) is 0 Å². The van der Waals surface area contributed by atoms with Gasteiger partial charge < -0.3 is 23.0 Å². The molecule has 1 aliphatic rings. The van der Waals surface area contributed by atoms with Crippen molar-refractivity contribution >= 4 is 25.8 Å². The molecule has 0 amide bonds. The van der Waals surface area contributed by atoms with Gasteiger partial charge in [0.1, 0.15) is 0 Å². The second-order valence-corrected chi connectivity index (χ2v) is 8.97. The smallest absolute Gasteiger partial charge is 0.418 e. The van der Waals surface area contributed by atoms with E-state index in [0.717, 1.165) is 6.42 Å². The first kappa shape index (κ1) is 20.6. The maximum absolute atomic E-state index is 9.75. The molecule has 146 valence electrons. The molecular formula is C21H20BF4NP-. The Kier molecular flexibility index (Phi) is 6.53. The van der Waals surface area contributed by atoms with E-state index in [1.54, 1.807) is 0 Å². The highest BCUT2D eigenvalue weighted by molar-refractivity contribution is 7.73. The lowest BCUT2D eigenvalue weighted by Gasteiger charge is -2.28. The molecule has 2 atom stereocenters. The van der Waals surface area contributed by atoms with E-state index in [1.807, 2.05) is 0 Å². The fourth-order valence-corrected chi connectivity index (χ4v) is 6.48. The molecule has 0 radical (unpaired) electrons. The molecule has 0 saturated carbocycles. The molecular weight excluding hydrogens is 384 g/mol. The van der Waals surface area contributed by atoms with E-state index in [9.17, 15) is 17.3 Å². The number of rotatable bonds is 3. The number of fused-ring (bicyclic) bond motifs is 1. The van der Waals surface area contributed by atoms with Gasteiger partial charge in [0.05, 0.1) is 0 Å². The van der Waals surface area contributed by atoms with Crippen molar-refractivity contribution in [3.05, 3.63) is 96.1 Å².